The zero-order valence-corrected chi connectivity index (χ0v) is 14.4. The monoisotopic (exact) mass is 345 g/mol. The maximum absolute atomic E-state index is 13.5. The van der Waals surface area contributed by atoms with Crippen LogP contribution < -0.4 is 10.1 Å². The molecule has 0 aromatic heterocycles. The van der Waals surface area contributed by atoms with E-state index in [0.717, 1.165) is 34.8 Å². The summed E-state index contributed by atoms with van der Waals surface area (Å²) in [6.07, 6.45) is 1.74. The summed E-state index contributed by atoms with van der Waals surface area (Å²) in [6, 6.07) is 11.7. The van der Waals surface area contributed by atoms with Gasteiger partial charge in [0, 0.05) is 16.2 Å². The summed E-state index contributed by atoms with van der Waals surface area (Å²) in [5.41, 5.74) is 1.44. The molecule has 3 nitrogen and oxygen atoms in total. The van der Waals surface area contributed by atoms with Crippen molar-refractivity contribution in [3.8, 4) is 5.75 Å². The summed E-state index contributed by atoms with van der Waals surface area (Å²) < 4.78 is 19.1. The van der Waals surface area contributed by atoms with Gasteiger partial charge in [0.25, 0.3) is 5.91 Å². The Labute approximate surface area is 145 Å². The minimum atomic E-state index is -0.270. The molecule has 2 aromatic rings. The van der Waals surface area contributed by atoms with Crippen molar-refractivity contribution in [1.82, 2.24) is 5.32 Å². The molecule has 126 valence electrons. The predicted molar refractivity (Wildman–Crippen MR) is 94.2 cm³/mol. The van der Waals surface area contributed by atoms with E-state index in [4.69, 9.17) is 4.74 Å². The quantitative estimate of drug-likeness (QED) is 0.862. The highest BCUT2D eigenvalue weighted by Gasteiger charge is 2.23. The molecule has 2 aromatic carbocycles. The Morgan fingerprint density at radius 1 is 1.29 bits per heavy atom. The predicted octanol–water partition coefficient (Wildman–Crippen LogP) is 4.58. The molecule has 1 aliphatic heterocycles. The Kier molecular flexibility index (Phi) is 5.41. The summed E-state index contributed by atoms with van der Waals surface area (Å²) in [5.74, 6) is 1.25. The van der Waals surface area contributed by atoms with E-state index in [1.54, 1.807) is 42.1 Å². The zero-order valence-electron chi connectivity index (χ0n) is 13.5. The fraction of sp³-hybridized carbons (Fsp3) is 0.316. The smallest absolute Gasteiger partial charge is 0.251 e. The van der Waals surface area contributed by atoms with Gasteiger partial charge in [-0.3, -0.25) is 4.79 Å². The van der Waals surface area contributed by atoms with Crippen molar-refractivity contribution >= 4 is 17.7 Å². The SMILES string of the molecule is CCCOc1ccc(C(=O)NC2CCSc3ccc(F)cc32)cc1. The van der Waals surface area contributed by atoms with E-state index in [1.165, 1.54) is 12.1 Å². The zero-order chi connectivity index (χ0) is 16.9. The third-order valence-corrected chi connectivity index (χ3v) is 5.03. The number of hydrogen-bond donors (Lipinski definition) is 1. The number of carbonyl (C=O) groups excluding carboxylic acids is 1. The average molecular weight is 345 g/mol. The largest absolute Gasteiger partial charge is 0.494 e. The number of hydrogen-bond acceptors (Lipinski definition) is 3. The fourth-order valence-electron chi connectivity index (χ4n) is 2.68. The number of ether oxygens (including phenoxy) is 1. The second-order valence-electron chi connectivity index (χ2n) is 5.72. The lowest BCUT2D eigenvalue weighted by molar-refractivity contribution is 0.0935. The van der Waals surface area contributed by atoms with Gasteiger partial charge in [0.1, 0.15) is 11.6 Å². The van der Waals surface area contributed by atoms with Crippen LogP contribution in [0, 0.1) is 5.82 Å². The lowest BCUT2D eigenvalue weighted by Crippen LogP contribution is -2.30. The van der Waals surface area contributed by atoms with Gasteiger partial charge in [-0.1, -0.05) is 6.92 Å². The standard InChI is InChI=1S/C19H20FNO2S/c1-2-10-23-15-6-3-13(4-7-15)19(22)21-17-9-11-24-18-8-5-14(20)12-16(17)18/h3-8,12,17H,2,9-11H2,1H3,(H,21,22). The van der Waals surface area contributed by atoms with Gasteiger partial charge in [0.15, 0.2) is 0 Å². The molecule has 1 aliphatic rings. The average Bonchev–Trinajstić information content (AvgIpc) is 2.61. The van der Waals surface area contributed by atoms with Crippen LogP contribution in [0.15, 0.2) is 47.4 Å². The molecule has 1 heterocycles. The van der Waals surface area contributed by atoms with E-state index in [1.807, 2.05) is 6.92 Å². The topological polar surface area (TPSA) is 38.3 Å². The second kappa shape index (κ2) is 7.71. The van der Waals surface area contributed by atoms with Crippen molar-refractivity contribution in [3.63, 3.8) is 0 Å². The summed E-state index contributed by atoms with van der Waals surface area (Å²) in [4.78, 5) is 13.5. The molecule has 0 fully saturated rings. The van der Waals surface area contributed by atoms with E-state index in [9.17, 15) is 9.18 Å². The highest BCUT2D eigenvalue weighted by molar-refractivity contribution is 7.99. The minimum absolute atomic E-state index is 0.149. The first-order valence-electron chi connectivity index (χ1n) is 8.13. The highest BCUT2D eigenvalue weighted by Crippen LogP contribution is 2.36. The van der Waals surface area contributed by atoms with Crippen LogP contribution in [0.2, 0.25) is 0 Å². The molecule has 0 saturated carbocycles. The van der Waals surface area contributed by atoms with Gasteiger partial charge < -0.3 is 10.1 Å². The van der Waals surface area contributed by atoms with Gasteiger partial charge in [-0.05, 0) is 60.9 Å². The molecule has 3 rings (SSSR count). The van der Waals surface area contributed by atoms with Crippen molar-refractivity contribution in [2.45, 2.75) is 30.7 Å². The molecule has 1 amide bonds. The minimum Gasteiger partial charge on any atom is -0.494 e. The molecule has 0 bridgehead atoms. The number of benzene rings is 2. The van der Waals surface area contributed by atoms with Crippen LogP contribution in [-0.2, 0) is 0 Å². The molecule has 0 radical (unpaired) electrons. The molecular weight excluding hydrogens is 325 g/mol. The maximum atomic E-state index is 13.5. The number of nitrogens with one attached hydrogen (secondary N) is 1. The second-order valence-corrected chi connectivity index (χ2v) is 6.85. The molecule has 1 N–H and O–H groups in total. The van der Waals surface area contributed by atoms with Crippen molar-refractivity contribution in [2.75, 3.05) is 12.4 Å². The van der Waals surface area contributed by atoms with Gasteiger partial charge in [0.2, 0.25) is 0 Å². The Hall–Kier alpha value is -2.01. The first-order valence-corrected chi connectivity index (χ1v) is 9.12. The van der Waals surface area contributed by atoms with Gasteiger partial charge >= 0.3 is 0 Å². The summed E-state index contributed by atoms with van der Waals surface area (Å²) >= 11 is 1.70. The van der Waals surface area contributed by atoms with Gasteiger partial charge in [-0.25, -0.2) is 4.39 Å². The molecular formula is C19H20FNO2S. The van der Waals surface area contributed by atoms with Gasteiger partial charge in [-0.15, -0.1) is 11.8 Å². The van der Waals surface area contributed by atoms with Crippen LogP contribution >= 0.6 is 11.8 Å². The number of thioether (sulfide) groups is 1. The van der Waals surface area contributed by atoms with E-state index in [-0.39, 0.29) is 17.8 Å². The maximum Gasteiger partial charge on any atom is 0.251 e. The molecule has 1 unspecified atom stereocenters. The van der Waals surface area contributed by atoms with Gasteiger partial charge in [0.05, 0.1) is 12.6 Å². The van der Waals surface area contributed by atoms with Crippen molar-refractivity contribution < 1.29 is 13.9 Å². The van der Waals surface area contributed by atoms with E-state index < -0.39 is 0 Å². The van der Waals surface area contributed by atoms with Gasteiger partial charge in [-0.2, -0.15) is 0 Å². The third-order valence-electron chi connectivity index (χ3n) is 3.91. The van der Waals surface area contributed by atoms with Crippen LogP contribution in [0.25, 0.3) is 0 Å². The highest BCUT2D eigenvalue weighted by atomic mass is 32.2. The molecule has 24 heavy (non-hydrogen) atoms. The van der Waals surface area contributed by atoms with Crippen LogP contribution in [0.3, 0.4) is 0 Å². The van der Waals surface area contributed by atoms with Crippen molar-refractivity contribution in [1.29, 1.82) is 0 Å². The Balaban J connectivity index is 1.70. The van der Waals surface area contributed by atoms with Crippen LogP contribution in [0.4, 0.5) is 4.39 Å². The third kappa shape index (κ3) is 3.90. The van der Waals surface area contributed by atoms with Crippen LogP contribution in [-0.4, -0.2) is 18.3 Å². The fourth-order valence-corrected chi connectivity index (χ4v) is 3.78. The summed E-state index contributed by atoms with van der Waals surface area (Å²) in [7, 11) is 0. The lowest BCUT2D eigenvalue weighted by atomic mass is 10.0. The van der Waals surface area contributed by atoms with Crippen molar-refractivity contribution in [3.05, 3.63) is 59.4 Å². The molecule has 0 aliphatic carbocycles. The lowest BCUT2D eigenvalue weighted by Gasteiger charge is -2.26. The van der Waals surface area contributed by atoms with Crippen molar-refractivity contribution in [2.24, 2.45) is 0 Å². The molecule has 1 atom stereocenters. The normalized spacial score (nSPS) is 16.3. The summed E-state index contributed by atoms with van der Waals surface area (Å²) in [6.45, 7) is 2.71. The number of fused-ring (bicyclic) bond motifs is 1. The van der Waals surface area contributed by atoms with E-state index >= 15 is 0 Å². The molecule has 5 heteroatoms. The Morgan fingerprint density at radius 3 is 2.83 bits per heavy atom. The first-order chi connectivity index (χ1) is 11.7. The number of carbonyl (C=O) groups is 1. The van der Waals surface area contributed by atoms with E-state index in [0.29, 0.717) is 12.2 Å². The number of halogens is 1. The Morgan fingerprint density at radius 2 is 2.08 bits per heavy atom. The summed E-state index contributed by atoms with van der Waals surface area (Å²) in [5, 5.41) is 3.02. The first kappa shape index (κ1) is 16.8. The van der Waals surface area contributed by atoms with Crippen LogP contribution in [0.5, 0.6) is 5.75 Å². The molecule has 0 spiro atoms. The molecule has 0 saturated heterocycles. The van der Waals surface area contributed by atoms with E-state index in [2.05, 4.69) is 5.32 Å². The number of amides is 1. The van der Waals surface area contributed by atoms with Crippen LogP contribution in [0.1, 0.15) is 41.7 Å². The Bertz CT molecular complexity index is 718. The number of rotatable bonds is 5.